The van der Waals surface area contributed by atoms with Crippen molar-refractivity contribution in [1.82, 2.24) is 15.5 Å². The van der Waals surface area contributed by atoms with Crippen molar-refractivity contribution in [2.45, 2.75) is 45.3 Å². The van der Waals surface area contributed by atoms with Crippen LogP contribution in [0, 0.1) is 17.5 Å². The number of rotatable bonds is 5. The number of carbonyl (C=O) groups is 3. The van der Waals surface area contributed by atoms with E-state index >= 15 is 0 Å². The maximum absolute atomic E-state index is 14.0. The molecule has 1 aliphatic rings. The summed E-state index contributed by atoms with van der Waals surface area (Å²) < 4.78 is 45.9. The van der Waals surface area contributed by atoms with Gasteiger partial charge in [0.25, 0.3) is 0 Å². The first-order valence-corrected chi connectivity index (χ1v) is 9.12. The quantitative estimate of drug-likeness (QED) is 0.719. The second-order valence-corrected chi connectivity index (χ2v) is 7.77. The number of benzene rings is 1. The standard InChI is InChI=1S/C19H24F3N3O4/c1-19(2,3)29-18(28)24-12(6-11-7-14(21)15(22)9-13(11)20)8-17(27)25-5-4-23-16(26)10-25/h7,9,12H,4-6,8,10H2,1-3H3,(H,23,26)(H,24,28). The van der Waals surface area contributed by atoms with Crippen LogP contribution in [0.15, 0.2) is 12.1 Å². The van der Waals surface area contributed by atoms with Crippen LogP contribution in [0.1, 0.15) is 32.8 Å². The SMILES string of the molecule is CC(C)(C)OC(=O)NC(CC(=O)N1CCNC(=O)C1)Cc1cc(F)c(F)cc1F. The number of alkyl carbamates (subject to hydrolysis) is 1. The second-order valence-electron chi connectivity index (χ2n) is 7.77. The lowest BCUT2D eigenvalue weighted by Crippen LogP contribution is -2.51. The van der Waals surface area contributed by atoms with Crippen LogP contribution >= 0.6 is 0 Å². The zero-order valence-corrected chi connectivity index (χ0v) is 16.5. The molecule has 1 aliphatic heterocycles. The highest BCUT2D eigenvalue weighted by molar-refractivity contribution is 5.86. The highest BCUT2D eigenvalue weighted by atomic mass is 19.2. The molecule has 0 radical (unpaired) electrons. The predicted molar refractivity (Wildman–Crippen MR) is 97.4 cm³/mol. The van der Waals surface area contributed by atoms with E-state index in [4.69, 9.17) is 4.74 Å². The fourth-order valence-corrected chi connectivity index (χ4v) is 2.83. The number of halogens is 3. The van der Waals surface area contributed by atoms with Gasteiger partial charge in [-0.3, -0.25) is 9.59 Å². The number of amides is 3. The Labute approximate surface area is 166 Å². The van der Waals surface area contributed by atoms with Gasteiger partial charge in [0, 0.05) is 31.6 Å². The van der Waals surface area contributed by atoms with Crippen LogP contribution < -0.4 is 10.6 Å². The number of piperazine rings is 1. The Morgan fingerprint density at radius 1 is 1.21 bits per heavy atom. The lowest BCUT2D eigenvalue weighted by molar-refractivity contribution is -0.138. The maximum atomic E-state index is 14.0. The molecule has 3 amide bonds. The molecule has 160 valence electrons. The summed E-state index contributed by atoms with van der Waals surface area (Å²) in [6.45, 7) is 5.41. The van der Waals surface area contributed by atoms with Gasteiger partial charge in [0.15, 0.2) is 11.6 Å². The molecule has 7 nitrogen and oxygen atoms in total. The van der Waals surface area contributed by atoms with Gasteiger partial charge in [-0.15, -0.1) is 0 Å². The summed E-state index contributed by atoms with van der Waals surface area (Å²) in [5, 5.41) is 5.06. The van der Waals surface area contributed by atoms with Crippen LogP contribution in [-0.4, -0.2) is 54.1 Å². The van der Waals surface area contributed by atoms with Crippen molar-refractivity contribution in [2.75, 3.05) is 19.6 Å². The molecule has 1 aromatic rings. The molecule has 0 saturated carbocycles. The monoisotopic (exact) mass is 415 g/mol. The molecule has 10 heteroatoms. The van der Waals surface area contributed by atoms with Crippen molar-refractivity contribution in [3.05, 3.63) is 35.1 Å². The minimum atomic E-state index is -1.33. The first-order valence-electron chi connectivity index (χ1n) is 9.12. The first kappa shape index (κ1) is 22.5. The van der Waals surface area contributed by atoms with E-state index in [2.05, 4.69) is 10.6 Å². The molecular weight excluding hydrogens is 391 g/mol. The number of carbonyl (C=O) groups excluding carboxylic acids is 3. The molecule has 2 rings (SSSR count). The zero-order chi connectivity index (χ0) is 21.8. The van der Waals surface area contributed by atoms with Gasteiger partial charge in [-0.25, -0.2) is 18.0 Å². The van der Waals surface area contributed by atoms with E-state index in [0.29, 0.717) is 25.2 Å². The molecule has 29 heavy (non-hydrogen) atoms. The molecule has 2 N–H and O–H groups in total. The molecule has 0 spiro atoms. The minimum absolute atomic E-state index is 0.127. The van der Waals surface area contributed by atoms with E-state index in [1.807, 2.05) is 0 Å². The van der Waals surface area contributed by atoms with Gasteiger partial charge in [-0.2, -0.15) is 0 Å². The third kappa shape index (κ3) is 6.95. The predicted octanol–water partition coefficient (Wildman–Crippen LogP) is 1.89. The van der Waals surface area contributed by atoms with Crippen LogP contribution in [0.25, 0.3) is 0 Å². The van der Waals surface area contributed by atoms with Crippen molar-refractivity contribution in [1.29, 1.82) is 0 Å². The minimum Gasteiger partial charge on any atom is -0.444 e. The largest absolute Gasteiger partial charge is 0.444 e. The van der Waals surface area contributed by atoms with Gasteiger partial charge < -0.3 is 20.3 Å². The lowest BCUT2D eigenvalue weighted by atomic mass is 10.0. The topological polar surface area (TPSA) is 87.7 Å². The Bertz CT molecular complexity index is 796. The average molecular weight is 415 g/mol. The molecule has 1 aromatic carbocycles. The highest BCUT2D eigenvalue weighted by Crippen LogP contribution is 2.17. The number of hydrogen-bond donors (Lipinski definition) is 2. The van der Waals surface area contributed by atoms with Crippen molar-refractivity contribution >= 4 is 17.9 Å². The molecule has 1 heterocycles. The fraction of sp³-hybridized carbons (Fsp3) is 0.526. The Hall–Kier alpha value is -2.78. The molecule has 1 saturated heterocycles. The van der Waals surface area contributed by atoms with E-state index in [-0.39, 0.29) is 30.9 Å². The van der Waals surface area contributed by atoms with Gasteiger partial charge in [-0.1, -0.05) is 0 Å². The van der Waals surface area contributed by atoms with Gasteiger partial charge >= 0.3 is 6.09 Å². The Morgan fingerprint density at radius 2 is 1.86 bits per heavy atom. The third-order valence-corrected chi connectivity index (χ3v) is 4.09. The summed E-state index contributed by atoms with van der Waals surface area (Å²) in [7, 11) is 0. The molecule has 1 atom stereocenters. The van der Waals surface area contributed by atoms with E-state index < -0.39 is 41.1 Å². The van der Waals surface area contributed by atoms with Crippen LogP contribution in [0.3, 0.4) is 0 Å². The van der Waals surface area contributed by atoms with Crippen molar-refractivity contribution in [3.8, 4) is 0 Å². The van der Waals surface area contributed by atoms with E-state index in [0.717, 1.165) is 0 Å². The van der Waals surface area contributed by atoms with E-state index in [1.165, 1.54) is 4.90 Å². The van der Waals surface area contributed by atoms with Crippen LogP contribution in [0.2, 0.25) is 0 Å². The maximum Gasteiger partial charge on any atom is 0.407 e. The van der Waals surface area contributed by atoms with Crippen LogP contribution in [0.4, 0.5) is 18.0 Å². The number of hydrogen-bond acceptors (Lipinski definition) is 4. The van der Waals surface area contributed by atoms with E-state index in [9.17, 15) is 27.6 Å². The van der Waals surface area contributed by atoms with Crippen LogP contribution in [0.5, 0.6) is 0 Å². The van der Waals surface area contributed by atoms with E-state index in [1.54, 1.807) is 20.8 Å². The molecule has 0 bridgehead atoms. The molecule has 1 fully saturated rings. The smallest absolute Gasteiger partial charge is 0.407 e. The van der Waals surface area contributed by atoms with Gasteiger partial charge in [0.1, 0.15) is 11.4 Å². The highest BCUT2D eigenvalue weighted by Gasteiger charge is 2.27. The zero-order valence-electron chi connectivity index (χ0n) is 16.5. The van der Waals surface area contributed by atoms with Gasteiger partial charge in [0.05, 0.1) is 6.54 Å². The summed E-state index contributed by atoms with van der Waals surface area (Å²) in [5.41, 5.74) is -1.01. The summed E-state index contributed by atoms with van der Waals surface area (Å²) in [6.07, 6.45) is -1.38. The van der Waals surface area contributed by atoms with Crippen molar-refractivity contribution in [3.63, 3.8) is 0 Å². The number of nitrogens with zero attached hydrogens (tertiary/aromatic N) is 1. The first-order chi connectivity index (χ1) is 13.4. The summed E-state index contributed by atoms with van der Waals surface area (Å²) >= 11 is 0. The Balaban J connectivity index is 2.16. The molecule has 1 unspecified atom stereocenters. The fourth-order valence-electron chi connectivity index (χ4n) is 2.83. The average Bonchev–Trinajstić information content (AvgIpc) is 2.57. The molecular formula is C19H24F3N3O4. The van der Waals surface area contributed by atoms with Gasteiger partial charge in [-0.05, 0) is 38.8 Å². The lowest BCUT2D eigenvalue weighted by Gasteiger charge is -2.29. The number of ether oxygens (including phenoxy) is 1. The Morgan fingerprint density at radius 3 is 2.48 bits per heavy atom. The molecule has 0 aromatic heterocycles. The van der Waals surface area contributed by atoms with Gasteiger partial charge in [0.2, 0.25) is 11.8 Å². The summed E-state index contributed by atoms with van der Waals surface area (Å²) in [6, 6.07) is 0.140. The second kappa shape index (κ2) is 9.15. The number of nitrogens with one attached hydrogen (secondary N) is 2. The summed E-state index contributed by atoms with van der Waals surface area (Å²) in [5.74, 6) is -4.32. The van der Waals surface area contributed by atoms with Crippen LogP contribution in [-0.2, 0) is 20.7 Å². The third-order valence-electron chi connectivity index (χ3n) is 4.09. The summed E-state index contributed by atoms with van der Waals surface area (Å²) in [4.78, 5) is 37.5. The van der Waals surface area contributed by atoms with Crippen molar-refractivity contribution < 1.29 is 32.3 Å². The molecule has 0 aliphatic carbocycles. The normalized spacial score (nSPS) is 15.5. The van der Waals surface area contributed by atoms with Crippen molar-refractivity contribution in [2.24, 2.45) is 0 Å². The Kier molecular flexibility index (Phi) is 7.10.